The van der Waals surface area contributed by atoms with Gasteiger partial charge in [0.2, 0.25) is 0 Å². The van der Waals surface area contributed by atoms with E-state index < -0.39 is 5.97 Å². The van der Waals surface area contributed by atoms with Gasteiger partial charge in [-0.25, -0.2) is 10.2 Å². The number of rotatable bonds is 5. The number of carbonyl (C=O) groups excluding carboxylic acids is 2. The second-order valence-electron chi connectivity index (χ2n) is 6.09. The summed E-state index contributed by atoms with van der Waals surface area (Å²) in [5, 5.41) is 8.92. The average molecular weight is 457 g/mol. The van der Waals surface area contributed by atoms with E-state index in [-0.39, 0.29) is 5.91 Å². The highest BCUT2D eigenvalue weighted by Crippen LogP contribution is 2.35. The molecule has 2 heterocycles. The van der Waals surface area contributed by atoms with Gasteiger partial charge in [0.25, 0.3) is 5.91 Å². The Morgan fingerprint density at radius 2 is 1.90 bits per heavy atom. The lowest BCUT2D eigenvalue weighted by atomic mass is 10.2. The fraction of sp³-hybridized carbons (Fsp3) is 0.0500. The van der Waals surface area contributed by atoms with Crippen molar-refractivity contribution in [3.63, 3.8) is 0 Å². The summed E-state index contributed by atoms with van der Waals surface area (Å²) < 4.78 is 10.1. The molecule has 2 aromatic carbocycles. The van der Waals surface area contributed by atoms with Crippen molar-refractivity contribution in [1.29, 1.82) is 0 Å². The summed E-state index contributed by atoms with van der Waals surface area (Å²) in [5.41, 5.74) is 3.69. The molecular weight excluding hydrogens is 444 g/mol. The van der Waals surface area contributed by atoms with Crippen LogP contribution in [0.15, 0.2) is 53.6 Å². The SMILES string of the molecule is Cc1nnsc1C(=O)N/N=C/c1ccc(OC(=O)c2sc3ccccc3c2Cl)cc1. The molecule has 4 aromatic rings. The third kappa shape index (κ3) is 4.23. The second-order valence-corrected chi connectivity index (χ2v) is 8.27. The molecule has 0 radical (unpaired) electrons. The molecular formula is C20H13ClN4O3S2. The maximum atomic E-state index is 12.5. The van der Waals surface area contributed by atoms with E-state index in [4.69, 9.17) is 16.3 Å². The zero-order valence-electron chi connectivity index (χ0n) is 15.5. The second kappa shape index (κ2) is 8.70. The molecule has 0 saturated heterocycles. The molecule has 0 bridgehead atoms. The Balaban J connectivity index is 1.39. The minimum atomic E-state index is -0.511. The maximum Gasteiger partial charge on any atom is 0.355 e. The number of aromatic nitrogens is 2. The van der Waals surface area contributed by atoms with Crippen molar-refractivity contribution in [3.05, 3.63) is 74.6 Å². The summed E-state index contributed by atoms with van der Waals surface area (Å²) in [6, 6.07) is 14.2. The number of halogens is 1. The first-order valence-corrected chi connectivity index (χ1v) is 10.6. The van der Waals surface area contributed by atoms with Gasteiger partial charge in [0.1, 0.15) is 15.5 Å². The van der Waals surface area contributed by atoms with E-state index in [0.29, 0.717) is 31.8 Å². The lowest BCUT2D eigenvalue weighted by Crippen LogP contribution is -2.17. The highest BCUT2D eigenvalue weighted by Gasteiger charge is 2.19. The summed E-state index contributed by atoms with van der Waals surface area (Å²) in [4.78, 5) is 25.2. The molecule has 0 aliphatic carbocycles. The van der Waals surface area contributed by atoms with Crippen LogP contribution in [0.4, 0.5) is 0 Å². The van der Waals surface area contributed by atoms with Gasteiger partial charge in [-0.05, 0) is 54.4 Å². The van der Waals surface area contributed by atoms with Crippen LogP contribution in [0.3, 0.4) is 0 Å². The van der Waals surface area contributed by atoms with E-state index in [1.807, 2.05) is 24.3 Å². The molecule has 0 unspecified atom stereocenters. The van der Waals surface area contributed by atoms with Gasteiger partial charge in [-0.15, -0.1) is 16.4 Å². The first kappa shape index (κ1) is 20.1. The first-order chi connectivity index (χ1) is 14.5. The summed E-state index contributed by atoms with van der Waals surface area (Å²) >= 11 is 8.62. The summed E-state index contributed by atoms with van der Waals surface area (Å²) in [7, 11) is 0. The number of hydrogen-bond acceptors (Lipinski definition) is 8. The number of aryl methyl sites for hydroxylation is 1. The van der Waals surface area contributed by atoms with Gasteiger partial charge in [0.15, 0.2) is 0 Å². The van der Waals surface area contributed by atoms with Crippen LogP contribution in [-0.4, -0.2) is 27.7 Å². The van der Waals surface area contributed by atoms with Crippen LogP contribution in [0.5, 0.6) is 5.75 Å². The molecule has 0 saturated carbocycles. The fourth-order valence-electron chi connectivity index (χ4n) is 2.58. The van der Waals surface area contributed by atoms with Crippen molar-refractivity contribution in [3.8, 4) is 5.75 Å². The predicted octanol–water partition coefficient (Wildman–Crippen LogP) is 4.70. The van der Waals surface area contributed by atoms with Crippen LogP contribution in [0, 0.1) is 6.92 Å². The number of esters is 1. The highest BCUT2D eigenvalue weighted by atomic mass is 35.5. The molecule has 10 heteroatoms. The number of benzene rings is 2. The lowest BCUT2D eigenvalue weighted by Gasteiger charge is -2.03. The number of fused-ring (bicyclic) bond motifs is 1. The maximum absolute atomic E-state index is 12.5. The van der Waals surface area contributed by atoms with Crippen molar-refractivity contribution in [1.82, 2.24) is 15.0 Å². The van der Waals surface area contributed by atoms with E-state index in [1.54, 1.807) is 31.2 Å². The molecule has 7 nitrogen and oxygen atoms in total. The molecule has 30 heavy (non-hydrogen) atoms. The van der Waals surface area contributed by atoms with Crippen LogP contribution in [0.25, 0.3) is 10.1 Å². The molecule has 0 aliphatic heterocycles. The number of nitrogens with one attached hydrogen (secondary N) is 1. The third-order valence-corrected chi connectivity index (χ3v) is 6.53. The van der Waals surface area contributed by atoms with Crippen LogP contribution in [0.1, 0.15) is 30.6 Å². The van der Waals surface area contributed by atoms with Crippen LogP contribution in [0.2, 0.25) is 5.02 Å². The topological polar surface area (TPSA) is 93.5 Å². The minimum Gasteiger partial charge on any atom is -0.422 e. The van der Waals surface area contributed by atoms with E-state index in [0.717, 1.165) is 21.6 Å². The number of hydrogen-bond donors (Lipinski definition) is 1. The number of thiophene rings is 1. The molecule has 2 aromatic heterocycles. The zero-order chi connectivity index (χ0) is 21.1. The standard InChI is InChI=1S/C20H13ClN4O3S2/c1-11-17(30-25-23-11)19(26)24-22-10-12-6-8-13(9-7-12)28-20(27)18-16(21)14-4-2-3-5-15(14)29-18/h2-10H,1H3,(H,24,26)/b22-10+. The number of amides is 1. The predicted molar refractivity (Wildman–Crippen MR) is 118 cm³/mol. The molecule has 0 atom stereocenters. The number of carbonyl (C=O) groups is 2. The first-order valence-electron chi connectivity index (χ1n) is 8.64. The number of hydrazone groups is 1. The highest BCUT2D eigenvalue weighted by molar-refractivity contribution is 7.21. The summed E-state index contributed by atoms with van der Waals surface area (Å²) in [6.45, 7) is 1.70. The number of nitrogens with zero attached hydrogens (tertiary/aromatic N) is 3. The fourth-order valence-corrected chi connectivity index (χ4v) is 4.51. The molecule has 4 rings (SSSR count). The van der Waals surface area contributed by atoms with E-state index >= 15 is 0 Å². The van der Waals surface area contributed by atoms with Crippen molar-refractivity contribution in [2.45, 2.75) is 6.92 Å². The van der Waals surface area contributed by atoms with Gasteiger partial charge in [0.05, 0.1) is 16.9 Å². The van der Waals surface area contributed by atoms with E-state index in [2.05, 4.69) is 20.1 Å². The largest absolute Gasteiger partial charge is 0.422 e. The lowest BCUT2D eigenvalue weighted by molar-refractivity contribution is 0.0739. The van der Waals surface area contributed by atoms with Crippen LogP contribution >= 0.6 is 34.5 Å². The van der Waals surface area contributed by atoms with Crippen molar-refractivity contribution >= 4 is 62.6 Å². The third-order valence-electron chi connectivity index (χ3n) is 4.05. The average Bonchev–Trinajstić information content (AvgIpc) is 3.33. The van der Waals surface area contributed by atoms with Crippen molar-refractivity contribution < 1.29 is 14.3 Å². The smallest absolute Gasteiger partial charge is 0.355 e. The Hall–Kier alpha value is -3.14. The van der Waals surface area contributed by atoms with Gasteiger partial charge in [-0.2, -0.15) is 5.10 Å². The van der Waals surface area contributed by atoms with Gasteiger partial charge in [-0.1, -0.05) is 34.3 Å². The monoisotopic (exact) mass is 456 g/mol. The summed E-state index contributed by atoms with van der Waals surface area (Å²) in [5.74, 6) is -0.506. The van der Waals surface area contributed by atoms with E-state index in [1.165, 1.54) is 17.6 Å². The minimum absolute atomic E-state index is 0.360. The van der Waals surface area contributed by atoms with Crippen molar-refractivity contribution in [2.24, 2.45) is 5.10 Å². The Morgan fingerprint density at radius 1 is 1.13 bits per heavy atom. The van der Waals surface area contributed by atoms with Crippen molar-refractivity contribution in [2.75, 3.05) is 0 Å². The Bertz CT molecular complexity index is 1260. The Labute approximate surface area is 184 Å². The van der Waals surface area contributed by atoms with Crippen LogP contribution < -0.4 is 10.2 Å². The number of ether oxygens (including phenoxy) is 1. The van der Waals surface area contributed by atoms with Gasteiger partial charge < -0.3 is 4.74 Å². The zero-order valence-corrected chi connectivity index (χ0v) is 17.8. The summed E-state index contributed by atoms with van der Waals surface area (Å²) in [6.07, 6.45) is 1.48. The van der Waals surface area contributed by atoms with Gasteiger partial charge in [0, 0.05) is 10.1 Å². The normalized spacial score (nSPS) is 11.1. The molecule has 150 valence electrons. The van der Waals surface area contributed by atoms with Gasteiger partial charge in [-0.3, -0.25) is 4.79 Å². The molecule has 0 aliphatic rings. The molecule has 0 spiro atoms. The molecule has 0 fully saturated rings. The van der Waals surface area contributed by atoms with Gasteiger partial charge >= 0.3 is 5.97 Å². The molecule has 1 amide bonds. The Kier molecular flexibility index (Phi) is 5.84. The van der Waals surface area contributed by atoms with Crippen LogP contribution in [-0.2, 0) is 0 Å². The Morgan fingerprint density at radius 3 is 2.60 bits per heavy atom. The quantitative estimate of drug-likeness (QED) is 0.203. The van der Waals surface area contributed by atoms with E-state index in [9.17, 15) is 9.59 Å². The molecule has 1 N–H and O–H groups in total.